The molecule has 0 bridgehead atoms. The topological polar surface area (TPSA) is 37.0 Å². The van der Waals surface area contributed by atoms with E-state index in [2.05, 4.69) is 42.5 Å². The third kappa shape index (κ3) is 5.39. The highest BCUT2D eigenvalue weighted by molar-refractivity contribution is 5.51. The maximum atomic E-state index is 4.27. The minimum atomic E-state index is 0.778. The van der Waals surface area contributed by atoms with Crippen molar-refractivity contribution in [2.24, 2.45) is 5.92 Å². The Bertz CT molecular complexity index is 325. The van der Waals surface area contributed by atoms with Crippen LogP contribution in [0.5, 0.6) is 0 Å². The summed E-state index contributed by atoms with van der Waals surface area (Å²) in [5.74, 6) is 1.73. The zero-order valence-corrected chi connectivity index (χ0v) is 12.0. The molecule has 0 saturated heterocycles. The van der Waals surface area contributed by atoms with Crippen molar-refractivity contribution in [3.05, 3.63) is 18.3 Å². The molecule has 0 aliphatic rings. The summed E-state index contributed by atoms with van der Waals surface area (Å²) < 4.78 is 0. The first-order chi connectivity index (χ1) is 8.80. The summed E-state index contributed by atoms with van der Waals surface area (Å²) >= 11 is 0. The van der Waals surface area contributed by atoms with Gasteiger partial charge in [0.2, 0.25) is 0 Å². The van der Waals surface area contributed by atoms with Gasteiger partial charge in [0.15, 0.2) is 0 Å². The van der Waals surface area contributed by atoms with Crippen LogP contribution in [0, 0.1) is 5.92 Å². The average Bonchev–Trinajstić information content (AvgIpc) is 2.40. The number of hydrogen-bond acceptors (Lipinski definition) is 3. The van der Waals surface area contributed by atoms with Crippen LogP contribution in [0.4, 0.5) is 11.5 Å². The zero-order chi connectivity index (χ0) is 13.2. The Balaban J connectivity index is 2.43. The molecule has 0 saturated carbocycles. The Morgan fingerprint density at radius 1 is 1.22 bits per heavy atom. The van der Waals surface area contributed by atoms with E-state index in [-0.39, 0.29) is 0 Å². The van der Waals surface area contributed by atoms with Crippen molar-refractivity contribution in [2.75, 3.05) is 23.7 Å². The molecule has 0 aliphatic carbocycles. The largest absolute Gasteiger partial charge is 0.385 e. The van der Waals surface area contributed by atoms with Crippen LogP contribution in [-0.2, 0) is 0 Å². The van der Waals surface area contributed by atoms with Crippen molar-refractivity contribution in [1.82, 2.24) is 4.98 Å². The molecule has 0 fully saturated rings. The molecule has 3 nitrogen and oxygen atoms in total. The van der Waals surface area contributed by atoms with Crippen molar-refractivity contribution in [3.8, 4) is 0 Å². The molecular formula is C15H27N3. The first kappa shape index (κ1) is 14.8. The second-order valence-electron chi connectivity index (χ2n) is 4.76. The number of nitrogens with one attached hydrogen (secondary N) is 2. The lowest BCUT2D eigenvalue weighted by Gasteiger charge is -2.16. The Kier molecular flexibility index (Phi) is 7.23. The summed E-state index contributed by atoms with van der Waals surface area (Å²) in [5.41, 5.74) is 1.16. The van der Waals surface area contributed by atoms with Crippen molar-refractivity contribution in [1.29, 1.82) is 0 Å². The quantitative estimate of drug-likeness (QED) is 0.690. The molecule has 2 N–H and O–H groups in total. The lowest BCUT2D eigenvalue weighted by Crippen LogP contribution is -2.14. The summed E-state index contributed by atoms with van der Waals surface area (Å²) in [5, 5.41) is 6.76. The van der Waals surface area contributed by atoms with Gasteiger partial charge in [-0.15, -0.1) is 0 Å². The van der Waals surface area contributed by atoms with Gasteiger partial charge in [0.05, 0.1) is 0 Å². The SMILES string of the molecule is CCCCC(CC)CNc1ccnc(NCC)c1. The average molecular weight is 249 g/mol. The molecule has 1 unspecified atom stereocenters. The lowest BCUT2D eigenvalue weighted by molar-refractivity contribution is 0.473. The smallest absolute Gasteiger partial charge is 0.127 e. The van der Waals surface area contributed by atoms with Crippen LogP contribution in [-0.4, -0.2) is 18.1 Å². The highest BCUT2D eigenvalue weighted by Crippen LogP contribution is 2.16. The summed E-state index contributed by atoms with van der Waals surface area (Å²) in [6, 6.07) is 4.11. The first-order valence-corrected chi connectivity index (χ1v) is 7.23. The van der Waals surface area contributed by atoms with Crippen LogP contribution in [0.3, 0.4) is 0 Å². The maximum absolute atomic E-state index is 4.27. The fourth-order valence-electron chi connectivity index (χ4n) is 2.02. The van der Waals surface area contributed by atoms with Crippen LogP contribution in [0.2, 0.25) is 0 Å². The van der Waals surface area contributed by atoms with Gasteiger partial charge in [0, 0.05) is 31.0 Å². The van der Waals surface area contributed by atoms with E-state index in [1.54, 1.807) is 0 Å². The van der Waals surface area contributed by atoms with E-state index in [0.717, 1.165) is 30.5 Å². The summed E-state index contributed by atoms with van der Waals surface area (Å²) in [4.78, 5) is 4.27. The lowest BCUT2D eigenvalue weighted by atomic mass is 9.99. The summed E-state index contributed by atoms with van der Waals surface area (Å²) in [6.45, 7) is 8.58. The number of hydrogen-bond donors (Lipinski definition) is 2. The van der Waals surface area contributed by atoms with Crippen LogP contribution in [0.1, 0.15) is 46.5 Å². The van der Waals surface area contributed by atoms with Gasteiger partial charge in [-0.1, -0.05) is 33.1 Å². The van der Waals surface area contributed by atoms with Gasteiger partial charge >= 0.3 is 0 Å². The monoisotopic (exact) mass is 249 g/mol. The van der Waals surface area contributed by atoms with Crippen LogP contribution < -0.4 is 10.6 Å². The minimum absolute atomic E-state index is 0.778. The fraction of sp³-hybridized carbons (Fsp3) is 0.667. The van der Waals surface area contributed by atoms with Crippen LogP contribution in [0.25, 0.3) is 0 Å². The van der Waals surface area contributed by atoms with Crippen molar-refractivity contribution >= 4 is 11.5 Å². The number of unbranched alkanes of at least 4 members (excludes halogenated alkanes) is 1. The van der Waals surface area contributed by atoms with E-state index < -0.39 is 0 Å². The molecule has 0 spiro atoms. The number of nitrogens with zero attached hydrogens (tertiary/aromatic N) is 1. The zero-order valence-electron chi connectivity index (χ0n) is 12.0. The second kappa shape index (κ2) is 8.78. The number of aromatic nitrogens is 1. The molecule has 1 rings (SSSR count). The second-order valence-corrected chi connectivity index (χ2v) is 4.76. The molecule has 102 valence electrons. The van der Waals surface area contributed by atoms with Gasteiger partial charge < -0.3 is 10.6 Å². The van der Waals surface area contributed by atoms with Gasteiger partial charge in [-0.2, -0.15) is 0 Å². The summed E-state index contributed by atoms with van der Waals surface area (Å²) in [6.07, 6.45) is 7.05. The Hall–Kier alpha value is -1.25. The van der Waals surface area contributed by atoms with E-state index in [9.17, 15) is 0 Å². The Morgan fingerprint density at radius 2 is 2.06 bits per heavy atom. The molecule has 0 aromatic carbocycles. The maximum Gasteiger partial charge on any atom is 0.127 e. The van der Waals surface area contributed by atoms with Gasteiger partial charge in [-0.05, 0) is 25.3 Å². The van der Waals surface area contributed by atoms with Crippen molar-refractivity contribution < 1.29 is 0 Å². The number of pyridine rings is 1. The molecule has 0 amide bonds. The molecular weight excluding hydrogens is 222 g/mol. The highest BCUT2D eigenvalue weighted by atomic mass is 15.0. The van der Waals surface area contributed by atoms with E-state index in [1.807, 2.05) is 12.3 Å². The van der Waals surface area contributed by atoms with Crippen LogP contribution in [0.15, 0.2) is 18.3 Å². The normalized spacial score (nSPS) is 12.2. The molecule has 1 heterocycles. The van der Waals surface area contributed by atoms with Gasteiger partial charge in [0.25, 0.3) is 0 Å². The standard InChI is InChI=1S/C15H27N3/c1-4-7-8-13(5-2)12-18-14-9-10-17-15(11-14)16-6-3/h9-11,13H,4-8,12H2,1-3H3,(H2,16,17,18). The number of anilines is 2. The first-order valence-electron chi connectivity index (χ1n) is 7.23. The molecule has 1 aromatic heterocycles. The molecule has 1 atom stereocenters. The predicted octanol–water partition coefficient (Wildman–Crippen LogP) is 4.14. The number of rotatable bonds is 9. The van der Waals surface area contributed by atoms with Crippen LogP contribution >= 0.6 is 0 Å². The molecule has 3 heteroatoms. The predicted molar refractivity (Wildman–Crippen MR) is 80.2 cm³/mol. The highest BCUT2D eigenvalue weighted by Gasteiger charge is 2.05. The van der Waals surface area contributed by atoms with Gasteiger partial charge in [-0.3, -0.25) is 0 Å². The fourth-order valence-corrected chi connectivity index (χ4v) is 2.02. The van der Waals surface area contributed by atoms with Gasteiger partial charge in [0.1, 0.15) is 5.82 Å². The van der Waals surface area contributed by atoms with Crippen molar-refractivity contribution in [2.45, 2.75) is 46.5 Å². The van der Waals surface area contributed by atoms with E-state index in [0.29, 0.717) is 0 Å². The van der Waals surface area contributed by atoms with Crippen molar-refractivity contribution in [3.63, 3.8) is 0 Å². The molecule has 18 heavy (non-hydrogen) atoms. The summed E-state index contributed by atoms with van der Waals surface area (Å²) in [7, 11) is 0. The Labute approximate surface area is 111 Å². The molecule has 1 aromatic rings. The molecule has 0 radical (unpaired) electrons. The van der Waals surface area contributed by atoms with E-state index >= 15 is 0 Å². The third-order valence-corrected chi connectivity index (χ3v) is 3.26. The molecule has 0 aliphatic heterocycles. The minimum Gasteiger partial charge on any atom is -0.385 e. The Morgan fingerprint density at radius 3 is 2.72 bits per heavy atom. The van der Waals surface area contributed by atoms with E-state index in [1.165, 1.54) is 25.7 Å². The van der Waals surface area contributed by atoms with E-state index in [4.69, 9.17) is 0 Å². The van der Waals surface area contributed by atoms with Gasteiger partial charge in [-0.25, -0.2) is 4.98 Å². The third-order valence-electron chi connectivity index (χ3n) is 3.26.